The molecule has 2 aliphatic rings. The zero-order valence-electron chi connectivity index (χ0n) is 14.0. The summed E-state index contributed by atoms with van der Waals surface area (Å²) in [6.45, 7) is 9.35. The van der Waals surface area contributed by atoms with Crippen molar-refractivity contribution in [1.29, 1.82) is 0 Å². The van der Waals surface area contributed by atoms with E-state index in [0.29, 0.717) is 10.7 Å². The van der Waals surface area contributed by atoms with Gasteiger partial charge in [0.1, 0.15) is 22.3 Å². The van der Waals surface area contributed by atoms with Crippen LogP contribution in [0.1, 0.15) is 53.9 Å². The van der Waals surface area contributed by atoms with E-state index in [1.54, 1.807) is 20.8 Å². The quantitative estimate of drug-likeness (QED) is 0.727. The van der Waals surface area contributed by atoms with Crippen LogP contribution in [0, 0.1) is 0 Å². The number of carbonyl (C=O) groups excluding carboxylic acids is 2. The van der Waals surface area contributed by atoms with Crippen LogP contribution in [0.2, 0.25) is 0 Å². The van der Waals surface area contributed by atoms with Gasteiger partial charge in [-0.15, -0.1) is 11.8 Å². The predicted octanol–water partition coefficient (Wildman–Crippen LogP) is 3.05. The number of rotatable bonds is 5. The third-order valence-corrected chi connectivity index (χ3v) is 5.19. The van der Waals surface area contributed by atoms with Crippen molar-refractivity contribution in [3.05, 3.63) is 10.7 Å². The summed E-state index contributed by atoms with van der Waals surface area (Å²) in [4.78, 5) is 27.2. The number of hydrogen-bond acceptors (Lipinski definition) is 5. The second-order valence-corrected chi connectivity index (χ2v) is 8.16. The summed E-state index contributed by atoms with van der Waals surface area (Å²) in [5.74, 6) is 0.115. The Kier molecular flexibility index (Phi) is 5.10. The molecule has 6 heteroatoms. The zero-order valence-corrected chi connectivity index (χ0v) is 14.8. The highest BCUT2D eigenvalue weighted by atomic mass is 32.2. The fourth-order valence-corrected chi connectivity index (χ4v) is 3.14. The average molecular weight is 327 g/mol. The van der Waals surface area contributed by atoms with E-state index in [2.05, 4.69) is 0 Å². The van der Waals surface area contributed by atoms with Crippen LogP contribution in [0.3, 0.4) is 0 Å². The molecule has 0 aromatic rings. The Hall–Kier alpha value is -1.17. The van der Waals surface area contributed by atoms with Crippen molar-refractivity contribution in [3.8, 4) is 0 Å². The van der Waals surface area contributed by atoms with Gasteiger partial charge in [0.05, 0.1) is 0 Å². The Balaban J connectivity index is 2.13. The lowest BCUT2D eigenvalue weighted by atomic mass is 9.95. The molecule has 124 valence electrons. The molecule has 0 bridgehead atoms. The summed E-state index contributed by atoms with van der Waals surface area (Å²) in [6.07, 6.45) is 2.94. The summed E-state index contributed by atoms with van der Waals surface area (Å²) in [5.41, 5.74) is -1.03. The van der Waals surface area contributed by atoms with Gasteiger partial charge in [0.2, 0.25) is 0 Å². The summed E-state index contributed by atoms with van der Waals surface area (Å²) < 4.78 is 11.1. The molecular formula is C16H25NO4S. The Morgan fingerprint density at radius 1 is 1.41 bits per heavy atom. The number of allylic oxidation sites excluding steroid dienone is 1. The number of thioether (sulfide) groups is 1. The molecule has 1 fully saturated rings. The first-order valence-corrected chi connectivity index (χ1v) is 8.64. The Morgan fingerprint density at radius 3 is 2.55 bits per heavy atom. The molecule has 1 aliphatic carbocycles. The van der Waals surface area contributed by atoms with Gasteiger partial charge in [-0.1, -0.05) is 13.8 Å². The van der Waals surface area contributed by atoms with E-state index in [1.165, 1.54) is 16.7 Å². The number of esters is 1. The highest BCUT2D eigenvalue weighted by Crippen LogP contribution is 2.34. The molecule has 1 amide bonds. The molecular weight excluding hydrogens is 302 g/mol. The number of amides is 1. The highest BCUT2D eigenvalue weighted by Gasteiger charge is 2.44. The van der Waals surface area contributed by atoms with Crippen LogP contribution in [0.15, 0.2) is 10.7 Å². The second kappa shape index (κ2) is 6.52. The maximum atomic E-state index is 12.8. The van der Waals surface area contributed by atoms with Crippen molar-refractivity contribution < 1.29 is 19.1 Å². The maximum Gasteiger partial charge on any atom is 0.331 e. The number of ether oxygens (including phenoxy) is 2. The molecule has 5 nitrogen and oxygen atoms in total. The lowest BCUT2D eigenvalue weighted by molar-refractivity contribution is -0.173. The van der Waals surface area contributed by atoms with Crippen LogP contribution >= 0.6 is 11.8 Å². The van der Waals surface area contributed by atoms with E-state index < -0.39 is 5.54 Å². The van der Waals surface area contributed by atoms with Crippen molar-refractivity contribution in [2.45, 2.75) is 70.8 Å². The van der Waals surface area contributed by atoms with E-state index in [0.717, 1.165) is 19.3 Å². The van der Waals surface area contributed by atoms with E-state index in [1.807, 2.05) is 13.8 Å². The van der Waals surface area contributed by atoms with Crippen LogP contribution in [0.25, 0.3) is 0 Å². The number of nitrogens with zero attached hydrogens (tertiary/aromatic N) is 1. The van der Waals surface area contributed by atoms with E-state index >= 15 is 0 Å². The van der Waals surface area contributed by atoms with Gasteiger partial charge in [0.15, 0.2) is 6.73 Å². The summed E-state index contributed by atoms with van der Waals surface area (Å²) in [7, 11) is 0. The van der Waals surface area contributed by atoms with Crippen molar-refractivity contribution in [2.75, 3.05) is 6.73 Å². The van der Waals surface area contributed by atoms with Gasteiger partial charge >= 0.3 is 5.97 Å². The zero-order chi connectivity index (χ0) is 16.5. The minimum Gasteiger partial charge on any atom is -0.476 e. The predicted molar refractivity (Wildman–Crippen MR) is 86.0 cm³/mol. The van der Waals surface area contributed by atoms with Gasteiger partial charge < -0.3 is 9.47 Å². The molecule has 22 heavy (non-hydrogen) atoms. The second-order valence-electron chi connectivity index (χ2n) is 6.58. The molecule has 0 atom stereocenters. The summed E-state index contributed by atoms with van der Waals surface area (Å²) in [6, 6.07) is 0. The van der Waals surface area contributed by atoms with E-state index in [4.69, 9.17) is 9.47 Å². The van der Waals surface area contributed by atoms with E-state index in [-0.39, 0.29) is 30.0 Å². The lowest BCUT2D eigenvalue weighted by Crippen LogP contribution is -2.56. The molecule has 2 rings (SSSR count). The van der Waals surface area contributed by atoms with Crippen LogP contribution in [-0.2, 0) is 19.1 Å². The fourth-order valence-electron chi connectivity index (χ4n) is 2.24. The molecule has 0 radical (unpaired) electrons. The third kappa shape index (κ3) is 3.42. The fraction of sp³-hybridized carbons (Fsp3) is 0.750. The average Bonchev–Trinajstić information content (AvgIpc) is 2.37. The lowest BCUT2D eigenvalue weighted by Gasteiger charge is -2.40. The van der Waals surface area contributed by atoms with Crippen LogP contribution in [0.4, 0.5) is 0 Å². The minimum atomic E-state index is -1.03. The third-order valence-electron chi connectivity index (χ3n) is 4.02. The first-order chi connectivity index (χ1) is 10.2. The molecule has 0 aromatic carbocycles. The summed E-state index contributed by atoms with van der Waals surface area (Å²) >= 11 is 1.46. The van der Waals surface area contributed by atoms with Gasteiger partial charge in [-0.05, 0) is 40.0 Å². The number of carbonyl (C=O) groups is 2. The molecule has 0 saturated heterocycles. The van der Waals surface area contributed by atoms with Crippen molar-refractivity contribution in [3.63, 3.8) is 0 Å². The van der Waals surface area contributed by atoms with Crippen molar-refractivity contribution >= 4 is 23.6 Å². The molecule has 0 spiro atoms. The smallest absolute Gasteiger partial charge is 0.331 e. The molecule has 0 unspecified atom stereocenters. The van der Waals surface area contributed by atoms with Crippen molar-refractivity contribution in [2.24, 2.45) is 0 Å². The normalized spacial score (nSPS) is 20.1. The molecule has 1 heterocycles. The standard InChI is InChI=1S/C16H25NO4S/c1-10(2)22-13-11(3)20-9-17(14(13)18)16(4,5)15(19)21-12-7-6-8-12/h10,12H,6-9H2,1-5H3. The van der Waals surface area contributed by atoms with Gasteiger partial charge in [-0.3, -0.25) is 9.69 Å². The van der Waals surface area contributed by atoms with Crippen LogP contribution in [0.5, 0.6) is 0 Å². The topological polar surface area (TPSA) is 55.8 Å². The Bertz CT molecular complexity index is 494. The largest absolute Gasteiger partial charge is 0.476 e. The van der Waals surface area contributed by atoms with Gasteiger partial charge in [0, 0.05) is 5.25 Å². The minimum absolute atomic E-state index is 0.00868. The Labute approximate surface area is 136 Å². The first kappa shape index (κ1) is 17.2. The summed E-state index contributed by atoms with van der Waals surface area (Å²) in [5, 5.41) is 0.266. The van der Waals surface area contributed by atoms with E-state index in [9.17, 15) is 9.59 Å². The van der Waals surface area contributed by atoms with Crippen LogP contribution < -0.4 is 0 Å². The van der Waals surface area contributed by atoms with Crippen LogP contribution in [-0.4, -0.2) is 40.4 Å². The monoisotopic (exact) mass is 327 g/mol. The molecule has 1 saturated carbocycles. The molecule has 0 aromatic heterocycles. The molecule has 0 N–H and O–H groups in total. The Morgan fingerprint density at radius 2 is 2.05 bits per heavy atom. The SMILES string of the molecule is CC1=C(SC(C)C)C(=O)N(C(C)(C)C(=O)OC2CCC2)CO1. The van der Waals surface area contributed by atoms with Gasteiger partial charge in [-0.2, -0.15) is 0 Å². The first-order valence-electron chi connectivity index (χ1n) is 7.77. The van der Waals surface area contributed by atoms with Gasteiger partial charge in [0.25, 0.3) is 5.91 Å². The number of hydrogen-bond donors (Lipinski definition) is 0. The van der Waals surface area contributed by atoms with Gasteiger partial charge in [-0.25, -0.2) is 4.79 Å². The maximum absolute atomic E-state index is 12.8. The van der Waals surface area contributed by atoms with Crippen molar-refractivity contribution in [1.82, 2.24) is 4.90 Å². The molecule has 1 aliphatic heterocycles. The highest BCUT2D eigenvalue weighted by molar-refractivity contribution is 8.04.